The summed E-state index contributed by atoms with van der Waals surface area (Å²) in [7, 11) is 1.60. The molecule has 0 aromatic heterocycles. The fourth-order valence-corrected chi connectivity index (χ4v) is 2.55. The van der Waals surface area contributed by atoms with Crippen molar-refractivity contribution in [3.8, 4) is 5.75 Å². The molecule has 0 saturated carbocycles. The number of benzene rings is 1. The quantitative estimate of drug-likeness (QED) is 0.744. The van der Waals surface area contributed by atoms with Crippen LogP contribution in [0.1, 0.15) is 36.0 Å². The molecule has 0 radical (unpaired) electrons. The zero-order valence-corrected chi connectivity index (χ0v) is 10.2. The van der Waals surface area contributed by atoms with Crippen LogP contribution in [0.3, 0.4) is 0 Å². The third-order valence-corrected chi connectivity index (χ3v) is 3.46. The molecule has 1 atom stereocenters. The minimum Gasteiger partial charge on any atom is -0.497 e. The van der Waals surface area contributed by atoms with E-state index in [1.54, 1.807) is 13.2 Å². The Labute approximate surface area is 100 Å². The van der Waals surface area contributed by atoms with Crippen molar-refractivity contribution < 1.29 is 14.3 Å². The molecule has 1 saturated heterocycles. The van der Waals surface area contributed by atoms with Crippen LogP contribution in [0.25, 0.3) is 0 Å². The van der Waals surface area contributed by atoms with Gasteiger partial charge in [-0.15, -0.1) is 0 Å². The summed E-state index contributed by atoms with van der Waals surface area (Å²) in [5.41, 5.74) is 1.40. The predicted molar refractivity (Wildman–Crippen MR) is 61.9 cm³/mol. The zero-order chi connectivity index (χ0) is 12.2. The molecule has 1 aromatic rings. The number of amides is 1. The molecule has 3 rings (SSSR count). The normalized spacial score (nSPS) is 24.8. The molecule has 0 spiro atoms. The Morgan fingerprint density at radius 2 is 2.24 bits per heavy atom. The van der Waals surface area contributed by atoms with E-state index in [4.69, 9.17) is 9.47 Å². The van der Waals surface area contributed by atoms with Gasteiger partial charge in [0.2, 0.25) is 0 Å². The van der Waals surface area contributed by atoms with Crippen molar-refractivity contribution in [3.05, 3.63) is 29.3 Å². The minimum atomic E-state index is -0.242. The van der Waals surface area contributed by atoms with Gasteiger partial charge in [0.15, 0.2) is 6.23 Å². The topological polar surface area (TPSA) is 38.8 Å². The smallest absolute Gasteiger partial charge is 0.257 e. The van der Waals surface area contributed by atoms with Crippen LogP contribution in [-0.4, -0.2) is 30.1 Å². The van der Waals surface area contributed by atoms with E-state index in [1.807, 2.05) is 30.9 Å². The van der Waals surface area contributed by atoms with E-state index >= 15 is 0 Å². The van der Waals surface area contributed by atoms with Crippen molar-refractivity contribution in [2.45, 2.75) is 25.6 Å². The Hall–Kier alpha value is -1.55. The lowest BCUT2D eigenvalue weighted by molar-refractivity contribution is 0.0316. The minimum absolute atomic E-state index is 0.0337. The number of carbonyl (C=O) groups excluding carboxylic acids is 1. The van der Waals surface area contributed by atoms with Gasteiger partial charge in [-0.1, -0.05) is 6.07 Å². The molecule has 1 amide bonds. The van der Waals surface area contributed by atoms with Crippen LogP contribution in [0, 0.1) is 0 Å². The molecule has 90 valence electrons. The van der Waals surface area contributed by atoms with Crippen LogP contribution < -0.4 is 4.74 Å². The molecule has 0 N–H and O–H groups in total. The van der Waals surface area contributed by atoms with Gasteiger partial charge in [-0.05, 0) is 26.0 Å². The Kier molecular flexibility index (Phi) is 2.01. The summed E-state index contributed by atoms with van der Waals surface area (Å²) in [6.07, 6.45) is -0.224. The van der Waals surface area contributed by atoms with Crippen LogP contribution in [0.4, 0.5) is 0 Å². The molecule has 4 heteroatoms. The maximum Gasteiger partial charge on any atom is 0.257 e. The molecule has 2 aliphatic heterocycles. The second kappa shape index (κ2) is 3.23. The summed E-state index contributed by atoms with van der Waals surface area (Å²) < 4.78 is 10.9. The summed E-state index contributed by atoms with van der Waals surface area (Å²) >= 11 is 0. The van der Waals surface area contributed by atoms with Gasteiger partial charge in [0.05, 0.1) is 24.8 Å². The average molecular weight is 233 g/mol. The molecule has 1 aromatic carbocycles. The monoisotopic (exact) mass is 233 g/mol. The summed E-state index contributed by atoms with van der Waals surface area (Å²) in [6, 6.07) is 5.57. The molecule has 4 nitrogen and oxygen atoms in total. The lowest BCUT2D eigenvalue weighted by atomic mass is 10.1. The number of methoxy groups -OCH3 is 1. The van der Waals surface area contributed by atoms with Crippen LogP contribution in [0.2, 0.25) is 0 Å². The number of hydrogen-bond acceptors (Lipinski definition) is 3. The molecule has 0 bridgehead atoms. The summed E-state index contributed by atoms with van der Waals surface area (Å²) in [5.74, 6) is 0.738. The number of nitrogens with zero attached hydrogens (tertiary/aromatic N) is 1. The van der Waals surface area contributed by atoms with E-state index in [0.717, 1.165) is 5.56 Å². The largest absolute Gasteiger partial charge is 0.497 e. The average Bonchev–Trinajstić information content (AvgIpc) is 2.77. The van der Waals surface area contributed by atoms with Crippen LogP contribution >= 0.6 is 0 Å². The maximum atomic E-state index is 12.4. The highest BCUT2D eigenvalue weighted by Gasteiger charge is 2.50. The molecular formula is C13H15NO3. The summed E-state index contributed by atoms with van der Waals surface area (Å²) in [6.45, 7) is 4.62. The lowest BCUT2D eigenvalue weighted by Crippen LogP contribution is -2.42. The first-order chi connectivity index (χ1) is 8.04. The number of rotatable bonds is 1. The second-order valence-corrected chi connectivity index (χ2v) is 5.10. The highest BCUT2D eigenvalue weighted by molar-refractivity contribution is 6.00. The molecule has 1 unspecified atom stereocenters. The van der Waals surface area contributed by atoms with E-state index in [2.05, 4.69) is 0 Å². The summed E-state index contributed by atoms with van der Waals surface area (Å²) in [4.78, 5) is 14.2. The highest BCUT2D eigenvalue weighted by Crippen LogP contribution is 2.45. The van der Waals surface area contributed by atoms with Crippen LogP contribution in [0.5, 0.6) is 5.75 Å². The third kappa shape index (κ3) is 1.30. The molecule has 17 heavy (non-hydrogen) atoms. The molecular weight excluding hydrogens is 218 g/mol. The van der Waals surface area contributed by atoms with Gasteiger partial charge in [0, 0.05) is 5.56 Å². The van der Waals surface area contributed by atoms with Gasteiger partial charge in [-0.25, -0.2) is 0 Å². The number of carbonyl (C=O) groups is 1. The highest BCUT2D eigenvalue weighted by atomic mass is 16.5. The van der Waals surface area contributed by atoms with Crippen molar-refractivity contribution >= 4 is 5.91 Å². The van der Waals surface area contributed by atoms with Crippen molar-refractivity contribution in [1.82, 2.24) is 4.90 Å². The maximum absolute atomic E-state index is 12.4. The SMILES string of the molecule is COc1ccc2c(c1)C(=O)N1C2OCC1(C)C. The predicted octanol–water partition coefficient (Wildman–Crippen LogP) is 1.96. The van der Waals surface area contributed by atoms with Gasteiger partial charge in [0.25, 0.3) is 5.91 Å². The molecule has 2 heterocycles. The fourth-order valence-electron chi connectivity index (χ4n) is 2.55. The van der Waals surface area contributed by atoms with Crippen LogP contribution in [0.15, 0.2) is 18.2 Å². The Balaban J connectivity index is 2.11. The van der Waals surface area contributed by atoms with E-state index in [-0.39, 0.29) is 17.7 Å². The van der Waals surface area contributed by atoms with Crippen molar-refractivity contribution in [3.63, 3.8) is 0 Å². The van der Waals surface area contributed by atoms with E-state index in [9.17, 15) is 4.79 Å². The molecule has 2 aliphatic rings. The van der Waals surface area contributed by atoms with Crippen molar-refractivity contribution in [2.75, 3.05) is 13.7 Å². The van der Waals surface area contributed by atoms with Gasteiger partial charge in [-0.3, -0.25) is 4.79 Å². The van der Waals surface area contributed by atoms with Gasteiger partial charge in [-0.2, -0.15) is 0 Å². The first-order valence-corrected chi connectivity index (χ1v) is 5.68. The lowest BCUT2D eigenvalue weighted by Gasteiger charge is -2.28. The Morgan fingerprint density at radius 3 is 2.94 bits per heavy atom. The summed E-state index contributed by atoms with van der Waals surface area (Å²) in [5, 5.41) is 0. The third-order valence-electron chi connectivity index (χ3n) is 3.46. The number of ether oxygens (including phenoxy) is 2. The van der Waals surface area contributed by atoms with Crippen molar-refractivity contribution in [1.29, 1.82) is 0 Å². The molecule has 0 aliphatic carbocycles. The van der Waals surface area contributed by atoms with Crippen LogP contribution in [-0.2, 0) is 4.74 Å². The standard InChI is InChI=1S/C13H15NO3/c1-13(2)7-17-12-9-5-4-8(16-3)6-10(9)11(15)14(12)13/h4-6,12H,7H2,1-3H3. The van der Waals surface area contributed by atoms with Gasteiger partial charge in [0.1, 0.15) is 5.75 Å². The fraction of sp³-hybridized carbons (Fsp3) is 0.462. The number of fused-ring (bicyclic) bond motifs is 3. The van der Waals surface area contributed by atoms with Gasteiger partial charge >= 0.3 is 0 Å². The van der Waals surface area contributed by atoms with Gasteiger partial charge < -0.3 is 14.4 Å². The zero-order valence-electron chi connectivity index (χ0n) is 10.2. The Morgan fingerprint density at radius 1 is 1.47 bits per heavy atom. The second-order valence-electron chi connectivity index (χ2n) is 5.10. The van der Waals surface area contributed by atoms with E-state index in [1.165, 1.54) is 0 Å². The molecule has 1 fully saturated rings. The first-order valence-electron chi connectivity index (χ1n) is 5.68. The van der Waals surface area contributed by atoms with E-state index in [0.29, 0.717) is 17.9 Å². The van der Waals surface area contributed by atoms with E-state index < -0.39 is 0 Å². The Bertz CT molecular complexity index is 495. The first kappa shape index (κ1) is 10.6. The number of hydrogen-bond donors (Lipinski definition) is 0. The van der Waals surface area contributed by atoms with Crippen molar-refractivity contribution in [2.24, 2.45) is 0 Å².